The molecular formula is C23H28FN3O. The molecule has 0 radical (unpaired) electrons. The lowest BCUT2D eigenvalue weighted by Crippen LogP contribution is -2.51. The van der Waals surface area contributed by atoms with Gasteiger partial charge in [0.25, 0.3) is 5.91 Å². The molecule has 1 aliphatic heterocycles. The zero-order chi connectivity index (χ0) is 20.5. The molecular weight excluding hydrogens is 353 g/mol. The fourth-order valence-corrected chi connectivity index (χ4v) is 4.36. The quantitative estimate of drug-likeness (QED) is 0.592. The lowest BCUT2D eigenvalue weighted by molar-refractivity contribution is 0.0955. The lowest BCUT2D eigenvalue weighted by atomic mass is 9.79. The van der Waals surface area contributed by atoms with Gasteiger partial charge in [0.15, 0.2) is 0 Å². The number of nitrogens with one attached hydrogen (secondary N) is 1. The van der Waals surface area contributed by atoms with E-state index in [0.29, 0.717) is 17.5 Å². The van der Waals surface area contributed by atoms with E-state index >= 15 is 0 Å². The minimum absolute atomic E-state index is 0.110. The van der Waals surface area contributed by atoms with E-state index in [-0.39, 0.29) is 17.3 Å². The van der Waals surface area contributed by atoms with Gasteiger partial charge in [-0.3, -0.25) is 4.79 Å². The molecule has 1 aliphatic rings. The minimum atomic E-state index is -0.373. The van der Waals surface area contributed by atoms with Gasteiger partial charge in [0.1, 0.15) is 5.82 Å². The summed E-state index contributed by atoms with van der Waals surface area (Å²) < 4.78 is 13.0. The second-order valence-corrected chi connectivity index (χ2v) is 8.41. The molecule has 1 atom stereocenters. The van der Waals surface area contributed by atoms with Gasteiger partial charge < -0.3 is 4.90 Å². The molecule has 28 heavy (non-hydrogen) atoms. The molecule has 0 aromatic heterocycles. The number of anilines is 1. The number of hydrogen-bond acceptors (Lipinski definition) is 3. The van der Waals surface area contributed by atoms with Gasteiger partial charge in [0.05, 0.1) is 6.21 Å². The van der Waals surface area contributed by atoms with Crippen LogP contribution in [-0.4, -0.2) is 23.7 Å². The van der Waals surface area contributed by atoms with Gasteiger partial charge in [-0.05, 0) is 87.6 Å². The van der Waals surface area contributed by atoms with E-state index < -0.39 is 0 Å². The van der Waals surface area contributed by atoms with Crippen LogP contribution in [0.2, 0.25) is 0 Å². The second-order valence-electron chi connectivity index (χ2n) is 8.41. The SMILES string of the molecule is CC(C)N1c2ccc(/C=N\NC(=O)c3ccc(F)cc3)cc2[C@@H](C)CC1(C)C. The zero-order valence-electron chi connectivity index (χ0n) is 17.2. The van der Waals surface area contributed by atoms with E-state index in [0.717, 1.165) is 12.0 Å². The second kappa shape index (κ2) is 7.74. The molecule has 0 fully saturated rings. The van der Waals surface area contributed by atoms with Gasteiger partial charge in [0.2, 0.25) is 0 Å². The third-order valence-corrected chi connectivity index (χ3v) is 5.30. The van der Waals surface area contributed by atoms with Crippen LogP contribution in [0, 0.1) is 5.82 Å². The highest BCUT2D eigenvalue weighted by molar-refractivity contribution is 5.94. The van der Waals surface area contributed by atoms with Gasteiger partial charge in [-0.2, -0.15) is 5.10 Å². The predicted octanol–water partition coefficient (Wildman–Crippen LogP) is 5.09. The van der Waals surface area contributed by atoms with Crippen molar-refractivity contribution in [3.05, 3.63) is 65.0 Å². The Bertz CT molecular complexity index is 887. The molecule has 0 aliphatic carbocycles. The van der Waals surface area contributed by atoms with Crippen LogP contribution < -0.4 is 10.3 Å². The van der Waals surface area contributed by atoms with Crippen LogP contribution in [0.15, 0.2) is 47.6 Å². The highest BCUT2D eigenvalue weighted by atomic mass is 19.1. The summed E-state index contributed by atoms with van der Waals surface area (Å²) in [4.78, 5) is 14.6. The van der Waals surface area contributed by atoms with E-state index in [2.05, 4.69) is 62.2 Å². The van der Waals surface area contributed by atoms with E-state index in [9.17, 15) is 9.18 Å². The summed E-state index contributed by atoms with van der Waals surface area (Å²) in [5, 5.41) is 4.07. The Morgan fingerprint density at radius 3 is 2.57 bits per heavy atom. The summed E-state index contributed by atoms with van der Waals surface area (Å²) in [5.41, 5.74) is 6.49. The van der Waals surface area contributed by atoms with Gasteiger partial charge >= 0.3 is 0 Å². The third kappa shape index (κ3) is 4.08. The van der Waals surface area contributed by atoms with Crippen LogP contribution >= 0.6 is 0 Å². The first-order valence-electron chi connectivity index (χ1n) is 9.71. The minimum Gasteiger partial charge on any atom is -0.364 e. The molecule has 4 nitrogen and oxygen atoms in total. The summed E-state index contributed by atoms with van der Waals surface area (Å²) >= 11 is 0. The van der Waals surface area contributed by atoms with E-state index in [1.54, 1.807) is 6.21 Å². The van der Waals surface area contributed by atoms with Crippen molar-refractivity contribution < 1.29 is 9.18 Å². The number of rotatable bonds is 4. The summed E-state index contributed by atoms with van der Waals surface area (Å²) in [6.45, 7) is 11.3. The van der Waals surface area contributed by atoms with Crippen molar-refractivity contribution in [2.75, 3.05) is 4.90 Å². The Morgan fingerprint density at radius 2 is 1.93 bits per heavy atom. The maximum atomic E-state index is 13.0. The number of carbonyl (C=O) groups is 1. The number of hydrogen-bond donors (Lipinski definition) is 1. The van der Waals surface area contributed by atoms with Crippen molar-refractivity contribution in [2.45, 2.75) is 58.5 Å². The number of carbonyl (C=O) groups excluding carboxylic acids is 1. The van der Waals surface area contributed by atoms with Crippen molar-refractivity contribution >= 4 is 17.8 Å². The van der Waals surface area contributed by atoms with Crippen LogP contribution in [-0.2, 0) is 0 Å². The highest BCUT2D eigenvalue weighted by Gasteiger charge is 2.37. The molecule has 1 amide bonds. The first-order chi connectivity index (χ1) is 13.2. The van der Waals surface area contributed by atoms with E-state index in [1.165, 1.54) is 35.5 Å². The zero-order valence-corrected chi connectivity index (χ0v) is 17.2. The molecule has 1 N–H and O–H groups in total. The molecule has 1 heterocycles. The van der Waals surface area contributed by atoms with Crippen molar-refractivity contribution in [1.82, 2.24) is 5.43 Å². The number of benzene rings is 2. The fourth-order valence-electron chi connectivity index (χ4n) is 4.36. The predicted molar refractivity (Wildman–Crippen MR) is 113 cm³/mol. The monoisotopic (exact) mass is 381 g/mol. The van der Waals surface area contributed by atoms with Crippen LogP contribution in [0.3, 0.4) is 0 Å². The maximum Gasteiger partial charge on any atom is 0.271 e. The van der Waals surface area contributed by atoms with Crippen molar-refractivity contribution in [3.63, 3.8) is 0 Å². The summed E-state index contributed by atoms with van der Waals surface area (Å²) in [6, 6.07) is 12.1. The number of hydrazone groups is 1. The largest absolute Gasteiger partial charge is 0.364 e. The number of halogens is 1. The van der Waals surface area contributed by atoms with Gasteiger partial charge in [0, 0.05) is 22.8 Å². The molecule has 0 spiro atoms. The Balaban J connectivity index is 1.78. The van der Waals surface area contributed by atoms with Crippen LogP contribution in [0.25, 0.3) is 0 Å². The normalized spacial score (nSPS) is 18.4. The number of amides is 1. The van der Waals surface area contributed by atoms with Crippen LogP contribution in [0.1, 0.15) is 68.4 Å². The van der Waals surface area contributed by atoms with Crippen LogP contribution in [0.5, 0.6) is 0 Å². The van der Waals surface area contributed by atoms with Gasteiger partial charge in [-0.25, -0.2) is 9.82 Å². The topological polar surface area (TPSA) is 44.7 Å². The molecule has 0 saturated carbocycles. The van der Waals surface area contributed by atoms with Crippen LogP contribution in [0.4, 0.5) is 10.1 Å². The maximum absolute atomic E-state index is 13.0. The highest BCUT2D eigenvalue weighted by Crippen LogP contribution is 2.44. The molecule has 148 valence electrons. The summed E-state index contributed by atoms with van der Waals surface area (Å²) in [7, 11) is 0. The summed E-state index contributed by atoms with van der Waals surface area (Å²) in [6.07, 6.45) is 2.73. The van der Waals surface area contributed by atoms with Crippen molar-refractivity contribution in [2.24, 2.45) is 5.10 Å². The van der Waals surface area contributed by atoms with Crippen molar-refractivity contribution in [1.29, 1.82) is 0 Å². The van der Waals surface area contributed by atoms with Gasteiger partial charge in [-0.15, -0.1) is 0 Å². The molecule has 2 aromatic rings. The summed E-state index contributed by atoms with van der Waals surface area (Å²) in [5.74, 6) is -0.292. The molecule has 2 aromatic carbocycles. The Kier molecular flexibility index (Phi) is 5.54. The number of nitrogens with zero attached hydrogens (tertiary/aromatic N) is 2. The molecule has 0 bridgehead atoms. The molecule has 0 saturated heterocycles. The number of fused-ring (bicyclic) bond motifs is 1. The Morgan fingerprint density at radius 1 is 1.25 bits per heavy atom. The van der Waals surface area contributed by atoms with E-state index in [1.807, 2.05) is 6.07 Å². The van der Waals surface area contributed by atoms with Crippen molar-refractivity contribution in [3.8, 4) is 0 Å². The van der Waals surface area contributed by atoms with E-state index in [4.69, 9.17) is 0 Å². The average Bonchev–Trinajstić information content (AvgIpc) is 2.61. The average molecular weight is 381 g/mol. The third-order valence-electron chi connectivity index (χ3n) is 5.30. The molecule has 3 rings (SSSR count). The molecule has 5 heteroatoms. The standard InChI is InChI=1S/C23H28FN3O/c1-15(2)27-21-11-6-17(12-20(21)16(3)13-23(27,4)5)14-25-26-22(28)18-7-9-19(24)10-8-18/h6-12,14-16H,13H2,1-5H3,(H,26,28)/b25-14-/t16-/m0/s1. The first-order valence-corrected chi connectivity index (χ1v) is 9.71. The lowest BCUT2D eigenvalue weighted by Gasteiger charge is -2.50. The first kappa shape index (κ1) is 20.1. The Labute approximate surface area is 166 Å². The smallest absolute Gasteiger partial charge is 0.271 e. The van der Waals surface area contributed by atoms with Gasteiger partial charge in [-0.1, -0.05) is 13.0 Å². The fraction of sp³-hybridized carbons (Fsp3) is 0.391. The molecule has 0 unspecified atom stereocenters. The Hall–Kier alpha value is -2.69.